The van der Waals surface area contributed by atoms with Crippen LogP contribution < -0.4 is 10.9 Å². The standard InChI is InChI=1S/C14H21N7S2.Cu/c1-4-15-13(22)20-18-10(3)12(11-8-6-7-9-17-11)19-21-14(23)16-5-2;/h6-9H,4-5H2,1-3H3,(H2,15,20,22)(H2,16,21,23);/q;+2/p-2/b18-10+,19-12-;. The number of hydrazone groups is 2. The van der Waals surface area contributed by atoms with Gasteiger partial charge in [0.1, 0.15) is 5.71 Å². The number of amidine groups is 2. The van der Waals surface area contributed by atoms with Crippen molar-refractivity contribution in [2.45, 2.75) is 20.8 Å². The maximum Gasteiger partial charge on any atom is 2.00 e. The van der Waals surface area contributed by atoms with Gasteiger partial charge in [0.25, 0.3) is 0 Å². The fourth-order valence-corrected chi connectivity index (χ4v) is 1.82. The van der Waals surface area contributed by atoms with E-state index in [1.807, 2.05) is 32.0 Å². The summed E-state index contributed by atoms with van der Waals surface area (Å²) >= 11 is 10.1. The molecule has 0 saturated heterocycles. The molecule has 1 aromatic heterocycles. The summed E-state index contributed by atoms with van der Waals surface area (Å²) in [6.45, 7) is 6.76. The second-order valence-electron chi connectivity index (χ2n) is 4.16. The Morgan fingerprint density at radius 3 is 2.12 bits per heavy atom. The topological polar surface area (TPSA) is 86.4 Å². The molecule has 0 fully saturated rings. The zero-order valence-corrected chi connectivity index (χ0v) is 16.2. The first kappa shape index (κ1) is 22.4. The van der Waals surface area contributed by atoms with Crippen LogP contribution in [0.3, 0.4) is 0 Å². The smallest absolute Gasteiger partial charge is 0.741 e. The Bertz CT molecular complexity index is 615. The molecule has 0 unspecified atom stereocenters. The second kappa shape index (κ2) is 12.8. The Hall–Kier alpha value is -1.61. The normalized spacial score (nSPS) is 13.3. The van der Waals surface area contributed by atoms with E-state index in [1.54, 1.807) is 13.1 Å². The minimum absolute atomic E-state index is 0. The summed E-state index contributed by atoms with van der Waals surface area (Å²) in [6, 6.07) is 5.52. The first-order valence-electron chi connectivity index (χ1n) is 7.07. The van der Waals surface area contributed by atoms with E-state index in [4.69, 9.17) is 25.3 Å². The SMILES string of the molecule is CCN=C([S-])N/N=C(C)/C(=N/NC([S-])=NCC)c1ccccn1.[Cu+2]. The third-order valence-corrected chi connectivity index (χ3v) is 2.88. The molecule has 0 amide bonds. The molecule has 0 atom stereocenters. The number of hydrogen-bond donors (Lipinski definition) is 2. The van der Waals surface area contributed by atoms with Crippen molar-refractivity contribution in [3.8, 4) is 0 Å². The molecule has 0 aromatic carbocycles. The average molecular weight is 413 g/mol. The second-order valence-corrected chi connectivity index (χ2v) is 4.93. The van der Waals surface area contributed by atoms with Crippen molar-refractivity contribution >= 4 is 47.0 Å². The van der Waals surface area contributed by atoms with Crippen molar-refractivity contribution in [3.05, 3.63) is 30.1 Å². The molecule has 0 aliphatic heterocycles. The van der Waals surface area contributed by atoms with Gasteiger partial charge in [-0.1, -0.05) is 6.07 Å². The van der Waals surface area contributed by atoms with Gasteiger partial charge in [0, 0.05) is 19.3 Å². The Kier molecular flexibility index (Phi) is 11.9. The van der Waals surface area contributed by atoms with Crippen molar-refractivity contribution in [1.29, 1.82) is 0 Å². The van der Waals surface area contributed by atoms with Crippen LogP contribution in [-0.4, -0.2) is 39.8 Å². The maximum atomic E-state index is 5.05. The number of nitrogens with zero attached hydrogens (tertiary/aromatic N) is 5. The third kappa shape index (κ3) is 8.30. The van der Waals surface area contributed by atoms with Crippen LogP contribution in [0.2, 0.25) is 0 Å². The molecule has 1 heterocycles. The molecule has 1 aromatic rings. The van der Waals surface area contributed by atoms with Gasteiger partial charge in [-0.3, -0.25) is 25.8 Å². The maximum absolute atomic E-state index is 5.05. The predicted molar refractivity (Wildman–Crippen MR) is 101 cm³/mol. The molecular weight excluding hydrogens is 394 g/mol. The van der Waals surface area contributed by atoms with E-state index < -0.39 is 0 Å². The summed E-state index contributed by atoms with van der Waals surface area (Å²) in [6.07, 6.45) is 1.68. The first-order chi connectivity index (χ1) is 11.1. The third-order valence-electron chi connectivity index (χ3n) is 2.44. The van der Waals surface area contributed by atoms with Gasteiger partial charge >= 0.3 is 17.1 Å². The molecule has 0 aliphatic rings. The van der Waals surface area contributed by atoms with Crippen LogP contribution in [0.4, 0.5) is 0 Å². The summed E-state index contributed by atoms with van der Waals surface area (Å²) in [7, 11) is 0. The fourth-order valence-electron chi connectivity index (χ4n) is 1.47. The van der Waals surface area contributed by atoms with Crippen LogP contribution >= 0.6 is 0 Å². The van der Waals surface area contributed by atoms with E-state index in [-0.39, 0.29) is 17.1 Å². The van der Waals surface area contributed by atoms with Crippen molar-refractivity contribution in [2.24, 2.45) is 20.2 Å². The van der Waals surface area contributed by atoms with Crippen LogP contribution in [0, 0.1) is 0 Å². The molecule has 10 heteroatoms. The van der Waals surface area contributed by atoms with Gasteiger partial charge in [-0.25, -0.2) is 0 Å². The Morgan fingerprint density at radius 1 is 1.04 bits per heavy atom. The Balaban J connectivity index is 0.00000529. The van der Waals surface area contributed by atoms with E-state index in [0.29, 0.717) is 40.5 Å². The van der Waals surface area contributed by atoms with Gasteiger partial charge in [0.15, 0.2) is 0 Å². The van der Waals surface area contributed by atoms with E-state index >= 15 is 0 Å². The minimum Gasteiger partial charge on any atom is -0.741 e. The van der Waals surface area contributed by atoms with E-state index in [1.165, 1.54) is 0 Å². The van der Waals surface area contributed by atoms with Crippen LogP contribution in [-0.2, 0) is 42.3 Å². The molecule has 0 aliphatic carbocycles. The zero-order valence-electron chi connectivity index (χ0n) is 13.6. The fraction of sp³-hybridized carbons (Fsp3) is 0.357. The molecular formula is C14H19CuN7S2. The van der Waals surface area contributed by atoms with E-state index in [2.05, 4.69) is 36.0 Å². The van der Waals surface area contributed by atoms with Crippen molar-refractivity contribution in [3.63, 3.8) is 0 Å². The predicted octanol–water partition coefficient (Wildman–Crippen LogP) is 1.18. The van der Waals surface area contributed by atoms with E-state index in [0.717, 1.165) is 0 Å². The summed E-state index contributed by atoms with van der Waals surface area (Å²) in [4.78, 5) is 12.4. The molecule has 133 valence electrons. The van der Waals surface area contributed by atoms with Gasteiger partial charge in [0.2, 0.25) is 0 Å². The average Bonchev–Trinajstić information content (AvgIpc) is 2.54. The number of nitrogens with one attached hydrogen (secondary N) is 2. The van der Waals surface area contributed by atoms with Crippen LogP contribution in [0.5, 0.6) is 0 Å². The molecule has 0 saturated carbocycles. The van der Waals surface area contributed by atoms with E-state index in [9.17, 15) is 0 Å². The molecule has 0 spiro atoms. The number of aromatic nitrogens is 1. The van der Waals surface area contributed by atoms with Crippen molar-refractivity contribution in [1.82, 2.24) is 15.8 Å². The minimum atomic E-state index is 0. The Morgan fingerprint density at radius 2 is 1.62 bits per heavy atom. The first-order valence-corrected chi connectivity index (χ1v) is 7.88. The van der Waals surface area contributed by atoms with Gasteiger partial charge in [-0.2, -0.15) is 10.2 Å². The van der Waals surface area contributed by atoms with Gasteiger partial charge in [-0.15, -0.1) is 0 Å². The molecule has 24 heavy (non-hydrogen) atoms. The Labute approximate surface area is 163 Å². The monoisotopic (exact) mass is 412 g/mol. The molecule has 0 bridgehead atoms. The van der Waals surface area contributed by atoms with Gasteiger partial charge < -0.3 is 25.3 Å². The number of hydrogen-bond acceptors (Lipinski definition) is 7. The number of pyridine rings is 1. The van der Waals surface area contributed by atoms with Crippen molar-refractivity contribution in [2.75, 3.05) is 13.1 Å². The molecule has 2 N–H and O–H groups in total. The largest absolute Gasteiger partial charge is 2.00 e. The molecule has 1 radical (unpaired) electrons. The summed E-state index contributed by atoms with van der Waals surface area (Å²) < 4.78 is 0. The van der Waals surface area contributed by atoms with Crippen LogP contribution in [0.1, 0.15) is 26.5 Å². The molecule has 7 nitrogen and oxygen atoms in total. The number of aliphatic imine (C=N–C) groups is 2. The summed E-state index contributed by atoms with van der Waals surface area (Å²) in [5.41, 5.74) is 7.20. The number of rotatable bonds is 6. The van der Waals surface area contributed by atoms with Crippen molar-refractivity contribution < 1.29 is 17.1 Å². The summed E-state index contributed by atoms with van der Waals surface area (Å²) in [5.74, 6) is 0. The van der Waals surface area contributed by atoms with Gasteiger partial charge in [0.05, 0.1) is 11.4 Å². The van der Waals surface area contributed by atoms with Crippen LogP contribution in [0.15, 0.2) is 44.6 Å². The van der Waals surface area contributed by atoms with Crippen LogP contribution in [0.25, 0.3) is 0 Å². The van der Waals surface area contributed by atoms with Gasteiger partial charge in [-0.05, 0) is 43.2 Å². The molecule has 1 rings (SSSR count). The summed E-state index contributed by atoms with van der Waals surface area (Å²) in [5, 5.41) is 9.07. The quantitative estimate of drug-likeness (QED) is 0.241. The zero-order chi connectivity index (χ0) is 17.1.